The fourth-order valence-electron chi connectivity index (χ4n) is 1.09. The summed E-state index contributed by atoms with van der Waals surface area (Å²) in [5, 5.41) is 6.44. The van der Waals surface area contributed by atoms with Gasteiger partial charge in [0.15, 0.2) is 0 Å². The van der Waals surface area contributed by atoms with Crippen molar-refractivity contribution in [1.82, 2.24) is 9.78 Å². The highest BCUT2D eigenvalue weighted by Gasteiger charge is 2.11. The van der Waals surface area contributed by atoms with E-state index in [9.17, 15) is 9.59 Å². The molecule has 1 rings (SSSR count). The maximum atomic E-state index is 11.4. The van der Waals surface area contributed by atoms with Crippen LogP contribution in [0.5, 0.6) is 0 Å². The minimum atomic E-state index is -0.542. The number of anilines is 1. The molecule has 0 bridgehead atoms. The van der Waals surface area contributed by atoms with Gasteiger partial charge in [-0.1, -0.05) is 6.92 Å². The Hall–Kier alpha value is -1.89. The fourth-order valence-corrected chi connectivity index (χ4v) is 1.09. The van der Waals surface area contributed by atoms with Gasteiger partial charge in [-0.15, -0.1) is 0 Å². The van der Waals surface area contributed by atoms with Crippen LogP contribution in [0.25, 0.3) is 0 Å². The minimum Gasteiger partial charge on any atom is -0.368 e. The number of amides is 2. The molecule has 0 aliphatic rings. The average molecular weight is 225 g/mol. The second-order valence-electron chi connectivity index (χ2n) is 3.40. The van der Waals surface area contributed by atoms with Crippen LogP contribution in [0.4, 0.5) is 5.69 Å². The predicted octanol–water partition coefficient (Wildman–Crippen LogP) is -0.956. The van der Waals surface area contributed by atoms with Crippen molar-refractivity contribution in [2.75, 3.05) is 5.32 Å². The lowest BCUT2D eigenvalue weighted by Crippen LogP contribution is -2.34. The molecule has 0 aromatic carbocycles. The van der Waals surface area contributed by atoms with E-state index in [1.807, 2.05) is 6.92 Å². The molecule has 16 heavy (non-hydrogen) atoms. The van der Waals surface area contributed by atoms with Gasteiger partial charge in [-0.3, -0.25) is 14.3 Å². The molecule has 0 unspecified atom stereocenters. The van der Waals surface area contributed by atoms with Crippen LogP contribution >= 0.6 is 0 Å². The summed E-state index contributed by atoms with van der Waals surface area (Å²) in [6.45, 7) is 1.80. The molecule has 1 aromatic heterocycles. The normalized spacial score (nSPS) is 12.1. The molecule has 7 nitrogen and oxygen atoms in total. The Bertz CT molecular complexity index is 387. The van der Waals surface area contributed by atoms with Crippen molar-refractivity contribution in [1.29, 1.82) is 0 Å². The number of nitrogens with two attached hydrogens (primary N) is 2. The number of primary amides is 1. The molecule has 5 N–H and O–H groups in total. The van der Waals surface area contributed by atoms with E-state index < -0.39 is 11.9 Å². The number of aromatic nitrogens is 2. The Balaban J connectivity index is 2.58. The first-order chi connectivity index (χ1) is 7.52. The maximum absolute atomic E-state index is 11.4. The van der Waals surface area contributed by atoms with Gasteiger partial charge in [0.1, 0.15) is 6.54 Å². The molecule has 7 heteroatoms. The zero-order valence-corrected chi connectivity index (χ0v) is 9.01. The van der Waals surface area contributed by atoms with Gasteiger partial charge in [0, 0.05) is 6.20 Å². The molecular weight excluding hydrogens is 210 g/mol. The van der Waals surface area contributed by atoms with Gasteiger partial charge in [-0.2, -0.15) is 5.10 Å². The second kappa shape index (κ2) is 5.26. The zero-order chi connectivity index (χ0) is 12.1. The Labute approximate surface area is 92.8 Å². The van der Waals surface area contributed by atoms with Crippen molar-refractivity contribution >= 4 is 17.5 Å². The smallest absolute Gasteiger partial charge is 0.241 e. The van der Waals surface area contributed by atoms with Crippen LogP contribution in [0.15, 0.2) is 12.4 Å². The van der Waals surface area contributed by atoms with Crippen molar-refractivity contribution in [2.45, 2.75) is 25.9 Å². The van der Waals surface area contributed by atoms with Gasteiger partial charge in [-0.25, -0.2) is 0 Å². The average Bonchev–Trinajstić information content (AvgIpc) is 2.63. The van der Waals surface area contributed by atoms with Crippen LogP contribution in [-0.2, 0) is 16.1 Å². The van der Waals surface area contributed by atoms with E-state index in [-0.39, 0.29) is 12.5 Å². The molecule has 0 saturated carbocycles. The van der Waals surface area contributed by atoms with Gasteiger partial charge >= 0.3 is 0 Å². The van der Waals surface area contributed by atoms with Crippen LogP contribution in [0.2, 0.25) is 0 Å². The van der Waals surface area contributed by atoms with E-state index in [0.29, 0.717) is 12.1 Å². The third-order valence-electron chi connectivity index (χ3n) is 2.00. The van der Waals surface area contributed by atoms with Gasteiger partial charge in [-0.05, 0) is 6.42 Å². The first kappa shape index (κ1) is 12.2. The lowest BCUT2D eigenvalue weighted by molar-refractivity contribution is -0.119. The summed E-state index contributed by atoms with van der Waals surface area (Å²) in [6, 6.07) is -0.542. The third-order valence-corrected chi connectivity index (χ3v) is 2.00. The topological polar surface area (TPSA) is 116 Å². The molecule has 0 spiro atoms. The summed E-state index contributed by atoms with van der Waals surface area (Å²) in [5.41, 5.74) is 11.0. The van der Waals surface area contributed by atoms with Crippen molar-refractivity contribution in [2.24, 2.45) is 11.5 Å². The molecule has 0 radical (unpaired) electrons. The van der Waals surface area contributed by atoms with Gasteiger partial charge in [0.05, 0.1) is 17.9 Å². The lowest BCUT2D eigenvalue weighted by Gasteiger charge is -2.07. The van der Waals surface area contributed by atoms with Gasteiger partial charge < -0.3 is 16.8 Å². The molecule has 0 aliphatic heterocycles. The summed E-state index contributed by atoms with van der Waals surface area (Å²) >= 11 is 0. The minimum absolute atomic E-state index is 0.0182. The molecule has 0 saturated heterocycles. The van der Waals surface area contributed by atoms with Crippen LogP contribution < -0.4 is 16.8 Å². The molecule has 2 amide bonds. The van der Waals surface area contributed by atoms with Crippen LogP contribution in [0.3, 0.4) is 0 Å². The van der Waals surface area contributed by atoms with Crippen molar-refractivity contribution in [3.63, 3.8) is 0 Å². The predicted molar refractivity (Wildman–Crippen MR) is 58.3 cm³/mol. The van der Waals surface area contributed by atoms with Gasteiger partial charge in [0.2, 0.25) is 11.8 Å². The molecular formula is C9H15N5O2. The zero-order valence-electron chi connectivity index (χ0n) is 9.01. The first-order valence-corrected chi connectivity index (χ1v) is 4.90. The summed E-state index contributed by atoms with van der Waals surface area (Å²) in [4.78, 5) is 22.0. The number of hydrogen-bond donors (Lipinski definition) is 3. The largest absolute Gasteiger partial charge is 0.368 e. The standard InChI is InChI=1S/C9H15N5O2/c1-2-7(10)9(16)13-6-3-12-14(4-6)5-8(11)15/h3-4,7H,2,5,10H2,1H3,(H2,11,15)(H,13,16)/t7-/m1/s1. The van der Waals surface area contributed by atoms with E-state index in [2.05, 4.69) is 10.4 Å². The Morgan fingerprint density at radius 2 is 2.31 bits per heavy atom. The third kappa shape index (κ3) is 3.35. The van der Waals surface area contributed by atoms with E-state index >= 15 is 0 Å². The number of rotatable bonds is 5. The molecule has 1 heterocycles. The van der Waals surface area contributed by atoms with Crippen molar-refractivity contribution in [3.8, 4) is 0 Å². The van der Waals surface area contributed by atoms with Crippen molar-refractivity contribution < 1.29 is 9.59 Å². The highest BCUT2D eigenvalue weighted by Crippen LogP contribution is 2.05. The quantitative estimate of drug-likeness (QED) is 0.598. The molecule has 0 aliphatic carbocycles. The first-order valence-electron chi connectivity index (χ1n) is 4.90. The number of nitrogens with one attached hydrogen (secondary N) is 1. The van der Waals surface area contributed by atoms with Gasteiger partial charge in [0.25, 0.3) is 0 Å². The van der Waals surface area contributed by atoms with Crippen LogP contribution in [0, 0.1) is 0 Å². The van der Waals surface area contributed by atoms with E-state index in [0.717, 1.165) is 0 Å². The number of hydrogen-bond acceptors (Lipinski definition) is 4. The molecule has 88 valence electrons. The molecule has 0 fully saturated rings. The van der Waals surface area contributed by atoms with E-state index in [1.54, 1.807) is 0 Å². The van der Waals surface area contributed by atoms with Crippen LogP contribution in [-0.4, -0.2) is 27.6 Å². The van der Waals surface area contributed by atoms with E-state index in [4.69, 9.17) is 11.5 Å². The van der Waals surface area contributed by atoms with Crippen LogP contribution in [0.1, 0.15) is 13.3 Å². The number of carbonyl (C=O) groups is 2. The maximum Gasteiger partial charge on any atom is 0.241 e. The Morgan fingerprint density at radius 1 is 1.62 bits per heavy atom. The molecule has 1 aromatic rings. The Morgan fingerprint density at radius 3 is 2.88 bits per heavy atom. The Kier molecular flexibility index (Phi) is 4.01. The summed E-state index contributed by atoms with van der Waals surface area (Å²) in [7, 11) is 0. The second-order valence-corrected chi connectivity index (χ2v) is 3.40. The summed E-state index contributed by atoms with van der Waals surface area (Å²) in [6.07, 6.45) is 3.51. The number of nitrogens with zero attached hydrogens (tertiary/aromatic N) is 2. The molecule has 1 atom stereocenters. The SMILES string of the molecule is CC[C@@H](N)C(=O)Nc1cnn(CC(N)=O)c1. The monoisotopic (exact) mass is 225 g/mol. The van der Waals surface area contributed by atoms with Crippen molar-refractivity contribution in [3.05, 3.63) is 12.4 Å². The summed E-state index contributed by atoms with van der Waals surface area (Å²) in [5.74, 6) is -0.771. The highest BCUT2D eigenvalue weighted by molar-refractivity contribution is 5.94. The summed E-state index contributed by atoms with van der Waals surface area (Å²) < 4.78 is 1.34. The highest BCUT2D eigenvalue weighted by atomic mass is 16.2. The lowest BCUT2D eigenvalue weighted by atomic mass is 10.2. The van der Waals surface area contributed by atoms with E-state index in [1.165, 1.54) is 17.1 Å². The number of carbonyl (C=O) groups excluding carboxylic acids is 2. The fraction of sp³-hybridized carbons (Fsp3) is 0.444.